The number of hydrogen-bond donors (Lipinski definition) is 0. The SMILES string of the molecule is CN(C(=O)COC(=O)C1=NN(c2ccccc2)C(=O)CC1)[C@H]1CCS(=O)(=O)C1. The molecule has 10 heteroatoms. The van der Waals surface area contributed by atoms with Crippen molar-refractivity contribution < 1.29 is 27.5 Å². The molecule has 9 nitrogen and oxygen atoms in total. The average Bonchev–Trinajstić information content (AvgIpc) is 3.06. The molecule has 0 saturated carbocycles. The highest BCUT2D eigenvalue weighted by molar-refractivity contribution is 7.91. The summed E-state index contributed by atoms with van der Waals surface area (Å²) in [6.45, 7) is -0.510. The molecule has 0 spiro atoms. The summed E-state index contributed by atoms with van der Waals surface area (Å²) in [7, 11) is -1.62. The molecule has 0 unspecified atom stereocenters. The van der Waals surface area contributed by atoms with E-state index >= 15 is 0 Å². The van der Waals surface area contributed by atoms with Gasteiger partial charge in [0.25, 0.3) is 5.91 Å². The minimum atomic E-state index is -3.12. The maximum absolute atomic E-state index is 12.3. The number of rotatable bonds is 5. The lowest BCUT2D eigenvalue weighted by Gasteiger charge is -2.24. The summed E-state index contributed by atoms with van der Waals surface area (Å²) in [5.74, 6) is -1.52. The van der Waals surface area contributed by atoms with Crippen LogP contribution in [-0.4, -0.2) is 68.0 Å². The van der Waals surface area contributed by atoms with Gasteiger partial charge in [-0.2, -0.15) is 5.10 Å². The van der Waals surface area contributed by atoms with Crippen LogP contribution in [0.25, 0.3) is 0 Å². The lowest BCUT2D eigenvalue weighted by Crippen LogP contribution is -2.41. The summed E-state index contributed by atoms with van der Waals surface area (Å²) in [5.41, 5.74) is 0.595. The molecule has 1 atom stereocenters. The molecule has 3 rings (SSSR count). The van der Waals surface area contributed by atoms with E-state index in [0.29, 0.717) is 12.1 Å². The van der Waals surface area contributed by atoms with Crippen LogP contribution in [-0.2, 0) is 29.0 Å². The van der Waals surface area contributed by atoms with Gasteiger partial charge in [0.2, 0.25) is 5.91 Å². The van der Waals surface area contributed by atoms with E-state index in [1.165, 1.54) is 11.9 Å². The van der Waals surface area contributed by atoms with Gasteiger partial charge in [0, 0.05) is 25.9 Å². The standard InChI is InChI=1S/C18H21N3O6S/c1-20(14-9-10-28(25,26)12-14)17(23)11-27-18(24)15-7-8-16(22)21(19-15)13-5-3-2-4-6-13/h2-6,14H,7-12H2,1H3/t14-/m0/s1. The monoisotopic (exact) mass is 407 g/mol. The van der Waals surface area contributed by atoms with Crippen molar-refractivity contribution in [2.75, 3.05) is 30.2 Å². The van der Waals surface area contributed by atoms with E-state index in [9.17, 15) is 22.8 Å². The predicted molar refractivity (Wildman–Crippen MR) is 101 cm³/mol. The van der Waals surface area contributed by atoms with Crippen molar-refractivity contribution >= 4 is 39.0 Å². The fourth-order valence-electron chi connectivity index (χ4n) is 3.07. The van der Waals surface area contributed by atoms with Crippen LogP contribution in [0, 0.1) is 0 Å². The normalized spacial score (nSPS) is 21.2. The fraction of sp³-hybridized carbons (Fsp3) is 0.444. The third-order valence-corrected chi connectivity index (χ3v) is 6.50. The Kier molecular flexibility index (Phi) is 5.78. The van der Waals surface area contributed by atoms with Gasteiger partial charge in [-0.15, -0.1) is 0 Å². The van der Waals surface area contributed by atoms with Gasteiger partial charge in [0.15, 0.2) is 16.4 Å². The Hall–Kier alpha value is -2.75. The number of likely N-dealkylation sites (N-methyl/N-ethyl adjacent to an activating group) is 1. The minimum absolute atomic E-state index is 0.0508. The second-order valence-electron chi connectivity index (χ2n) is 6.73. The van der Waals surface area contributed by atoms with Crippen molar-refractivity contribution in [1.29, 1.82) is 0 Å². The molecule has 150 valence electrons. The molecule has 2 heterocycles. The molecule has 0 N–H and O–H groups in total. The van der Waals surface area contributed by atoms with Crippen molar-refractivity contribution in [2.45, 2.75) is 25.3 Å². The predicted octanol–water partition coefficient (Wildman–Crippen LogP) is 0.358. The maximum Gasteiger partial charge on any atom is 0.355 e. The summed E-state index contributed by atoms with van der Waals surface area (Å²) in [4.78, 5) is 37.9. The van der Waals surface area contributed by atoms with Crippen molar-refractivity contribution in [3.63, 3.8) is 0 Å². The lowest BCUT2D eigenvalue weighted by molar-refractivity contribution is -0.147. The lowest BCUT2D eigenvalue weighted by atomic mass is 10.1. The summed E-state index contributed by atoms with van der Waals surface area (Å²) >= 11 is 0. The van der Waals surface area contributed by atoms with E-state index < -0.39 is 34.4 Å². The first-order valence-corrected chi connectivity index (χ1v) is 10.7. The molecule has 0 bridgehead atoms. The van der Waals surface area contributed by atoms with Crippen LogP contribution in [0.3, 0.4) is 0 Å². The van der Waals surface area contributed by atoms with E-state index in [1.807, 2.05) is 0 Å². The molecular formula is C18H21N3O6S. The number of hydrazone groups is 1. The molecule has 1 fully saturated rings. The molecule has 1 aromatic carbocycles. The molecule has 1 aromatic rings. The van der Waals surface area contributed by atoms with Crippen LogP contribution in [0.4, 0.5) is 5.69 Å². The largest absolute Gasteiger partial charge is 0.451 e. The molecular weight excluding hydrogens is 386 g/mol. The Labute approximate surface area is 162 Å². The van der Waals surface area contributed by atoms with Crippen LogP contribution in [0.2, 0.25) is 0 Å². The number of sulfone groups is 1. The van der Waals surface area contributed by atoms with Gasteiger partial charge in [0.05, 0.1) is 17.2 Å². The van der Waals surface area contributed by atoms with E-state index in [0.717, 1.165) is 5.01 Å². The topological polar surface area (TPSA) is 113 Å². The van der Waals surface area contributed by atoms with Crippen molar-refractivity contribution in [3.8, 4) is 0 Å². The molecule has 0 aliphatic carbocycles. The fourth-order valence-corrected chi connectivity index (χ4v) is 4.84. The second-order valence-corrected chi connectivity index (χ2v) is 8.95. The zero-order chi connectivity index (χ0) is 20.3. The molecule has 2 amide bonds. The van der Waals surface area contributed by atoms with Gasteiger partial charge in [0.1, 0.15) is 5.71 Å². The first-order valence-electron chi connectivity index (χ1n) is 8.85. The highest BCUT2D eigenvalue weighted by Crippen LogP contribution is 2.20. The molecule has 0 aromatic heterocycles. The number of esters is 1. The molecule has 1 saturated heterocycles. The molecule has 0 radical (unpaired) electrons. The number of benzene rings is 1. The number of amides is 2. The van der Waals surface area contributed by atoms with Crippen LogP contribution in [0.5, 0.6) is 0 Å². The van der Waals surface area contributed by atoms with Gasteiger partial charge < -0.3 is 9.64 Å². The van der Waals surface area contributed by atoms with Gasteiger partial charge >= 0.3 is 5.97 Å². The molecule has 28 heavy (non-hydrogen) atoms. The smallest absolute Gasteiger partial charge is 0.355 e. The average molecular weight is 407 g/mol. The van der Waals surface area contributed by atoms with E-state index in [4.69, 9.17) is 4.74 Å². The van der Waals surface area contributed by atoms with E-state index in [1.54, 1.807) is 30.3 Å². The van der Waals surface area contributed by atoms with Gasteiger partial charge in [-0.25, -0.2) is 18.2 Å². The zero-order valence-electron chi connectivity index (χ0n) is 15.4. The first-order chi connectivity index (χ1) is 13.3. The number of para-hydroxylation sites is 1. The summed E-state index contributed by atoms with van der Waals surface area (Å²) in [6, 6.07) is 8.29. The summed E-state index contributed by atoms with van der Waals surface area (Å²) in [5, 5.41) is 5.22. The number of nitrogens with zero attached hydrogens (tertiary/aromatic N) is 3. The Balaban J connectivity index is 1.60. The number of anilines is 1. The quantitative estimate of drug-likeness (QED) is 0.651. The van der Waals surface area contributed by atoms with Crippen molar-refractivity contribution in [2.24, 2.45) is 5.10 Å². The van der Waals surface area contributed by atoms with Crippen LogP contribution in [0.15, 0.2) is 35.4 Å². The first kappa shape index (κ1) is 20.0. The van der Waals surface area contributed by atoms with Gasteiger partial charge in [-0.05, 0) is 18.6 Å². The zero-order valence-corrected chi connectivity index (χ0v) is 16.2. The number of hydrogen-bond acceptors (Lipinski definition) is 7. The Morgan fingerprint density at radius 1 is 1.25 bits per heavy atom. The third-order valence-electron chi connectivity index (χ3n) is 4.75. The van der Waals surface area contributed by atoms with Gasteiger partial charge in [-0.1, -0.05) is 18.2 Å². The van der Waals surface area contributed by atoms with Crippen LogP contribution >= 0.6 is 0 Å². The van der Waals surface area contributed by atoms with Crippen LogP contribution in [0.1, 0.15) is 19.3 Å². The highest BCUT2D eigenvalue weighted by atomic mass is 32.2. The summed E-state index contributed by atoms with van der Waals surface area (Å²) in [6.07, 6.45) is 0.613. The maximum atomic E-state index is 12.3. The Morgan fingerprint density at radius 2 is 1.96 bits per heavy atom. The van der Waals surface area contributed by atoms with Crippen LogP contribution < -0.4 is 5.01 Å². The highest BCUT2D eigenvalue weighted by Gasteiger charge is 2.33. The number of carbonyl (C=O) groups excluding carboxylic acids is 3. The Morgan fingerprint density at radius 3 is 2.61 bits per heavy atom. The number of ether oxygens (including phenoxy) is 1. The summed E-state index contributed by atoms with van der Waals surface area (Å²) < 4.78 is 28.1. The van der Waals surface area contributed by atoms with Gasteiger partial charge in [-0.3, -0.25) is 9.59 Å². The second kappa shape index (κ2) is 8.09. The van der Waals surface area contributed by atoms with E-state index in [2.05, 4.69) is 5.10 Å². The van der Waals surface area contributed by atoms with E-state index in [-0.39, 0.29) is 36.0 Å². The number of carbonyl (C=O) groups is 3. The Bertz CT molecular complexity index is 913. The molecule has 2 aliphatic rings. The van der Waals surface area contributed by atoms with Crippen molar-refractivity contribution in [1.82, 2.24) is 4.90 Å². The minimum Gasteiger partial charge on any atom is -0.451 e. The third kappa shape index (κ3) is 4.56. The molecule has 2 aliphatic heterocycles. The van der Waals surface area contributed by atoms with Crippen molar-refractivity contribution in [3.05, 3.63) is 30.3 Å².